The lowest BCUT2D eigenvalue weighted by Crippen LogP contribution is -2.30. The molecule has 1 aliphatic rings. The first-order valence-electron chi connectivity index (χ1n) is 13.6. The summed E-state index contributed by atoms with van der Waals surface area (Å²) in [7, 11) is -1.21. The number of anilines is 1. The molecular formula is C33H28Cl2N2O7S. The maximum absolute atomic E-state index is 13.7. The fraction of sp³-hybridized carbons (Fsp3) is 0.152. The molecule has 0 atom stereocenters. The van der Waals surface area contributed by atoms with Crippen LogP contribution in [0.5, 0.6) is 5.75 Å². The van der Waals surface area contributed by atoms with Crippen LogP contribution in [-0.2, 0) is 37.4 Å². The molecule has 0 saturated heterocycles. The Bertz CT molecular complexity index is 1900. The Morgan fingerprint density at radius 3 is 2.11 bits per heavy atom. The molecule has 0 radical (unpaired) electrons. The van der Waals surface area contributed by atoms with Gasteiger partial charge in [-0.3, -0.25) is 9.69 Å². The van der Waals surface area contributed by atoms with Crippen LogP contribution in [0.2, 0.25) is 10.0 Å². The number of benzene rings is 3. The summed E-state index contributed by atoms with van der Waals surface area (Å²) in [5.74, 6) is 0.0340. The lowest BCUT2D eigenvalue weighted by molar-refractivity contribution is -0.136. The summed E-state index contributed by atoms with van der Waals surface area (Å²) in [5, 5.41) is 0.932. The zero-order valence-electron chi connectivity index (χ0n) is 24.5. The van der Waals surface area contributed by atoms with E-state index in [0.29, 0.717) is 38.5 Å². The third-order valence-electron chi connectivity index (χ3n) is 7.15. The molecule has 0 unspecified atom stereocenters. The molecule has 1 amide bonds. The number of furan rings is 1. The number of carbonyl (C=O) groups excluding carboxylic acids is 2. The summed E-state index contributed by atoms with van der Waals surface area (Å²) in [6, 6.07) is 22.8. The third-order valence-corrected chi connectivity index (χ3v) is 9.45. The van der Waals surface area contributed by atoms with Gasteiger partial charge in [0.2, 0.25) is 10.0 Å². The highest BCUT2D eigenvalue weighted by atomic mass is 35.5. The van der Waals surface area contributed by atoms with Crippen molar-refractivity contribution >= 4 is 56.9 Å². The van der Waals surface area contributed by atoms with Crippen LogP contribution in [0.4, 0.5) is 5.69 Å². The number of sulfonamides is 1. The minimum atomic E-state index is -3.99. The number of nitrogens with zero attached hydrogens (tertiary/aromatic N) is 2. The monoisotopic (exact) mass is 666 g/mol. The van der Waals surface area contributed by atoms with Crippen molar-refractivity contribution in [2.45, 2.75) is 24.9 Å². The first kappa shape index (κ1) is 32.1. The molecule has 5 rings (SSSR count). The predicted octanol–water partition coefficient (Wildman–Crippen LogP) is 6.86. The molecule has 0 N–H and O–H groups in total. The number of halogens is 2. The molecule has 3 aromatic carbocycles. The van der Waals surface area contributed by atoms with Gasteiger partial charge < -0.3 is 13.9 Å². The first-order chi connectivity index (χ1) is 21.5. The summed E-state index contributed by atoms with van der Waals surface area (Å²) >= 11 is 12.0. The molecular weight excluding hydrogens is 639 g/mol. The molecule has 1 aromatic heterocycles. The minimum absolute atomic E-state index is 0.0307. The fourth-order valence-corrected chi connectivity index (χ4v) is 6.52. The van der Waals surface area contributed by atoms with Gasteiger partial charge in [-0.2, -0.15) is 4.31 Å². The normalized spacial score (nSPS) is 14.5. The molecule has 0 aliphatic carbocycles. The Kier molecular flexibility index (Phi) is 9.50. The van der Waals surface area contributed by atoms with Crippen LogP contribution < -0.4 is 9.64 Å². The zero-order valence-corrected chi connectivity index (χ0v) is 26.8. The van der Waals surface area contributed by atoms with Crippen molar-refractivity contribution in [3.63, 3.8) is 0 Å². The number of rotatable bonds is 10. The lowest BCUT2D eigenvalue weighted by atomic mass is 10.1. The van der Waals surface area contributed by atoms with Gasteiger partial charge in [0.15, 0.2) is 0 Å². The molecule has 0 bridgehead atoms. The van der Waals surface area contributed by atoms with E-state index in [1.165, 1.54) is 46.7 Å². The van der Waals surface area contributed by atoms with E-state index in [1.807, 2.05) is 0 Å². The van der Waals surface area contributed by atoms with Crippen molar-refractivity contribution in [2.24, 2.45) is 0 Å². The number of allylic oxidation sites excluding steroid dienone is 1. The Hall–Kier alpha value is -4.35. The van der Waals surface area contributed by atoms with Crippen LogP contribution in [0.25, 0.3) is 6.08 Å². The molecule has 0 spiro atoms. The Morgan fingerprint density at radius 2 is 1.51 bits per heavy atom. The second-order valence-electron chi connectivity index (χ2n) is 10.0. The van der Waals surface area contributed by atoms with Gasteiger partial charge in [-0.1, -0.05) is 35.3 Å². The van der Waals surface area contributed by atoms with Crippen LogP contribution >= 0.6 is 23.2 Å². The lowest BCUT2D eigenvalue weighted by Gasteiger charge is -2.21. The highest BCUT2D eigenvalue weighted by Crippen LogP contribution is 2.36. The van der Waals surface area contributed by atoms with Gasteiger partial charge in [0.1, 0.15) is 17.3 Å². The SMILES string of the molecule is COC(=O)C1=C(C)N(c2ccc(OC)cc2)C(=O)/C1=C/c1ccc(CN(Cc2ccc(Cl)cc2)S(=O)(=O)c2ccc(Cl)cc2)o1. The molecule has 45 heavy (non-hydrogen) atoms. The summed E-state index contributed by atoms with van der Waals surface area (Å²) in [6.45, 7) is 1.56. The molecule has 9 nitrogen and oxygen atoms in total. The molecule has 0 saturated carbocycles. The second kappa shape index (κ2) is 13.3. The topological polar surface area (TPSA) is 106 Å². The van der Waals surface area contributed by atoms with Gasteiger partial charge >= 0.3 is 5.97 Å². The van der Waals surface area contributed by atoms with E-state index < -0.39 is 21.9 Å². The van der Waals surface area contributed by atoms with Gasteiger partial charge in [-0.25, -0.2) is 13.2 Å². The number of amides is 1. The maximum Gasteiger partial charge on any atom is 0.340 e. The van der Waals surface area contributed by atoms with Crippen LogP contribution in [0.1, 0.15) is 24.0 Å². The number of hydrogen-bond acceptors (Lipinski definition) is 7. The average molecular weight is 668 g/mol. The molecule has 1 aliphatic heterocycles. The van der Waals surface area contributed by atoms with Gasteiger partial charge in [0.05, 0.1) is 36.8 Å². The minimum Gasteiger partial charge on any atom is -0.497 e. The van der Waals surface area contributed by atoms with E-state index in [2.05, 4.69) is 0 Å². The fourth-order valence-electron chi connectivity index (χ4n) is 4.87. The summed E-state index contributed by atoms with van der Waals surface area (Å²) in [6.07, 6.45) is 1.45. The number of esters is 1. The molecule has 2 heterocycles. The summed E-state index contributed by atoms with van der Waals surface area (Å²) in [5.41, 5.74) is 1.80. The van der Waals surface area contributed by atoms with E-state index in [-0.39, 0.29) is 34.9 Å². The zero-order chi connectivity index (χ0) is 32.3. The first-order valence-corrected chi connectivity index (χ1v) is 15.8. The van der Waals surface area contributed by atoms with Crippen molar-refractivity contribution in [3.8, 4) is 5.75 Å². The molecule has 232 valence electrons. The largest absolute Gasteiger partial charge is 0.497 e. The maximum atomic E-state index is 13.7. The van der Waals surface area contributed by atoms with Gasteiger partial charge in [0, 0.05) is 28.0 Å². The van der Waals surface area contributed by atoms with Crippen LogP contribution in [0.15, 0.2) is 111 Å². The van der Waals surface area contributed by atoms with Crippen molar-refractivity contribution < 1.29 is 31.9 Å². The van der Waals surface area contributed by atoms with Gasteiger partial charge in [-0.15, -0.1) is 0 Å². The Labute approximate surface area is 270 Å². The molecule has 0 fully saturated rings. The Morgan fingerprint density at radius 1 is 0.889 bits per heavy atom. The standard InChI is InChI=1S/C33H28Cl2N2O7S/c1-21-31(33(39)43-3)30(32(38)37(21)25-10-12-26(42-2)13-11-25)18-27-14-15-28(44-27)20-36(19-22-4-6-23(34)7-5-22)45(40,41)29-16-8-24(35)9-17-29/h4-18H,19-20H2,1-3H3/b30-18+. The number of carbonyl (C=O) groups is 2. The van der Waals surface area contributed by atoms with E-state index in [9.17, 15) is 18.0 Å². The Balaban J connectivity index is 1.47. The average Bonchev–Trinajstić information content (AvgIpc) is 3.58. The van der Waals surface area contributed by atoms with Crippen molar-refractivity contribution in [1.29, 1.82) is 0 Å². The van der Waals surface area contributed by atoms with E-state index in [0.717, 1.165) is 0 Å². The highest BCUT2D eigenvalue weighted by molar-refractivity contribution is 7.89. The third kappa shape index (κ3) is 6.84. The second-order valence-corrected chi connectivity index (χ2v) is 12.8. The van der Waals surface area contributed by atoms with Crippen molar-refractivity contribution in [2.75, 3.05) is 19.1 Å². The van der Waals surface area contributed by atoms with E-state index >= 15 is 0 Å². The quantitative estimate of drug-likeness (QED) is 0.134. The van der Waals surface area contributed by atoms with Crippen molar-refractivity contribution in [3.05, 3.63) is 129 Å². The molecule has 12 heteroatoms. The summed E-state index contributed by atoms with van der Waals surface area (Å²) < 4.78 is 45.0. The number of hydrogen-bond donors (Lipinski definition) is 0. The van der Waals surface area contributed by atoms with E-state index in [4.69, 9.17) is 37.1 Å². The van der Waals surface area contributed by atoms with Gasteiger partial charge in [0.25, 0.3) is 5.91 Å². The molecule has 4 aromatic rings. The highest BCUT2D eigenvalue weighted by Gasteiger charge is 2.38. The van der Waals surface area contributed by atoms with Crippen LogP contribution in [0.3, 0.4) is 0 Å². The summed E-state index contributed by atoms with van der Waals surface area (Å²) in [4.78, 5) is 28.0. The smallest absolute Gasteiger partial charge is 0.340 e. The predicted molar refractivity (Wildman–Crippen MR) is 171 cm³/mol. The van der Waals surface area contributed by atoms with Crippen LogP contribution in [-0.4, -0.2) is 38.8 Å². The number of methoxy groups -OCH3 is 2. The number of ether oxygens (including phenoxy) is 2. The van der Waals surface area contributed by atoms with E-state index in [1.54, 1.807) is 74.7 Å². The van der Waals surface area contributed by atoms with Crippen LogP contribution in [0, 0.1) is 0 Å². The van der Waals surface area contributed by atoms with Crippen molar-refractivity contribution in [1.82, 2.24) is 4.31 Å². The van der Waals surface area contributed by atoms with Gasteiger partial charge in [-0.05, 0) is 91.4 Å².